The lowest BCUT2D eigenvalue weighted by Gasteiger charge is -2.15. The van der Waals surface area contributed by atoms with Crippen molar-refractivity contribution in [3.05, 3.63) is 21.9 Å². The molecule has 0 saturated carbocycles. The number of aryl methyl sites for hydroxylation is 1. The minimum Gasteiger partial charge on any atom is -0.394 e. The molecule has 1 heterocycles. The van der Waals surface area contributed by atoms with Crippen LogP contribution in [0.1, 0.15) is 29.8 Å². The zero-order chi connectivity index (χ0) is 11.8. The Hall–Kier alpha value is -0.0300. The number of nitrogens with one attached hydrogen (secondary N) is 1. The average molecular weight is 259 g/mol. The van der Waals surface area contributed by atoms with Gasteiger partial charge in [0.05, 0.1) is 12.6 Å². The van der Waals surface area contributed by atoms with Crippen LogP contribution < -0.4 is 5.32 Å². The standard InChI is InChI=1S/C12H21NOS2/c1-3-15-7-4-6-13-11(9-14)12-10(2)5-8-16-12/h5,8,11,13-14H,3-4,6-7,9H2,1-2H3. The van der Waals surface area contributed by atoms with E-state index in [4.69, 9.17) is 0 Å². The Kier molecular flexibility index (Phi) is 7.12. The first-order valence-electron chi connectivity index (χ1n) is 5.75. The van der Waals surface area contributed by atoms with Crippen molar-refractivity contribution in [2.45, 2.75) is 26.3 Å². The number of aliphatic hydroxyl groups is 1. The van der Waals surface area contributed by atoms with E-state index >= 15 is 0 Å². The van der Waals surface area contributed by atoms with E-state index in [1.807, 2.05) is 11.8 Å². The van der Waals surface area contributed by atoms with Gasteiger partial charge in [0, 0.05) is 4.88 Å². The second-order valence-corrected chi connectivity index (χ2v) is 6.05. The van der Waals surface area contributed by atoms with Crippen LogP contribution in [-0.2, 0) is 0 Å². The highest BCUT2D eigenvalue weighted by atomic mass is 32.2. The van der Waals surface area contributed by atoms with Gasteiger partial charge in [-0.1, -0.05) is 6.92 Å². The molecule has 0 aliphatic heterocycles. The molecule has 2 N–H and O–H groups in total. The predicted molar refractivity (Wildman–Crippen MR) is 74.5 cm³/mol. The first kappa shape index (κ1) is 14.0. The Morgan fingerprint density at radius 1 is 1.56 bits per heavy atom. The van der Waals surface area contributed by atoms with Crippen LogP contribution in [0, 0.1) is 6.92 Å². The van der Waals surface area contributed by atoms with Gasteiger partial charge in [0.2, 0.25) is 0 Å². The van der Waals surface area contributed by atoms with Gasteiger partial charge in [-0.15, -0.1) is 11.3 Å². The minimum absolute atomic E-state index is 0.117. The summed E-state index contributed by atoms with van der Waals surface area (Å²) in [5, 5.41) is 14.9. The van der Waals surface area contributed by atoms with Gasteiger partial charge >= 0.3 is 0 Å². The van der Waals surface area contributed by atoms with Gasteiger partial charge in [-0.3, -0.25) is 0 Å². The van der Waals surface area contributed by atoms with Gasteiger partial charge in [-0.25, -0.2) is 0 Å². The zero-order valence-corrected chi connectivity index (χ0v) is 11.7. The Balaban J connectivity index is 2.30. The fourth-order valence-electron chi connectivity index (χ4n) is 1.58. The molecule has 0 radical (unpaired) electrons. The van der Waals surface area contributed by atoms with Crippen molar-refractivity contribution in [2.24, 2.45) is 0 Å². The summed E-state index contributed by atoms with van der Waals surface area (Å²) in [6, 6.07) is 2.23. The lowest BCUT2D eigenvalue weighted by Crippen LogP contribution is -2.25. The second-order valence-electron chi connectivity index (χ2n) is 3.71. The van der Waals surface area contributed by atoms with Gasteiger partial charge in [-0.05, 0) is 48.4 Å². The van der Waals surface area contributed by atoms with E-state index in [0.717, 1.165) is 6.54 Å². The molecule has 4 heteroatoms. The number of aliphatic hydroxyl groups excluding tert-OH is 1. The van der Waals surface area contributed by atoms with E-state index < -0.39 is 0 Å². The van der Waals surface area contributed by atoms with Crippen LogP contribution in [0.15, 0.2) is 11.4 Å². The van der Waals surface area contributed by atoms with E-state index in [9.17, 15) is 5.11 Å². The van der Waals surface area contributed by atoms with Crippen LogP contribution in [0.4, 0.5) is 0 Å². The highest BCUT2D eigenvalue weighted by molar-refractivity contribution is 7.99. The van der Waals surface area contributed by atoms with Crippen molar-refractivity contribution in [2.75, 3.05) is 24.7 Å². The summed E-state index contributed by atoms with van der Waals surface area (Å²) in [5.41, 5.74) is 1.28. The van der Waals surface area contributed by atoms with Gasteiger partial charge < -0.3 is 10.4 Å². The molecule has 0 amide bonds. The third kappa shape index (κ3) is 4.45. The number of hydrogen-bond donors (Lipinski definition) is 2. The SMILES string of the molecule is CCSCCCNC(CO)c1sccc1C. The summed E-state index contributed by atoms with van der Waals surface area (Å²) in [7, 11) is 0. The molecule has 92 valence electrons. The smallest absolute Gasteiger partial charge is 0.0652 e. The molecule has 1 atom stereocenters. The molecule has 2 nitrogen and oxygen atoms in total. The maximum absolute atomic E-state index is 9.36. The van der Waals surface area contributed by atoms with Gasteiger partial charge in [-0.2, -0.15) is 11.8 Å². The molecule has 1 aromatic heterocycles. The summed E-state index contributed by atoms with van der Waals surface area (Å²) in [4.78, 5) is 1.27. The molecular weight excluding hydrogens is 238 g/mol. The number of thiophene rings is 1. The number of hydrogen-bond acceptors (Lipinski definition) is 4. The van der Waals surface area contributed by atoms with Crippen molar-refractivity contribution in [1.82, 2.24) is 5.32 Å². The third-order valence-corrected chi connectivity index (χ3v) is 4.58. The highest BCUT2D eigenvalue weighted by Gasteiger charge is 2.12. The maximum atomic E-state index is 9.36. The Bertz CT molecular complexity index is 288. The van der Waals surface area contributed by atoms with Crippen LogP contribution in [0.25, 0.3) is 0 Å². The molecule has 0 spiro atoms. The summed E-state index contributed by atoms with van der Waals surface area (Å²) in [5.74, 6) is 2.39. The summed E-state index contributed by atoms with van der Waals surface area (Å²) in [6.07, 6.45) is 1.17. The maximum Gasteiger partial charge on any atom is 0.0652 e. The van der Waals surface area contributed by atoms with E-state index in [1.54, 1.807) is 11.3 Å². The van der Waals surface area contributed by atoms with Crippen molar-refractivity contribution in [3.63, 3.8) is 0 Å². The topological polar surface area (TPSA) is 32.3 Å². The third-order valence-electron chi connectivity index (χ3n) is 2.46. The number of thioether (sulfide) groups is 1. The summed E-state index contributed by atoms with van der Waals surface area (Å²) in [6.45, 7) is 5.45. The predicted octanol–water partition coefficient (Wildman–Crippen LogP) is 2.82. The largest absolute Gasteiger partial charge is 0.394 e. The molecule has 0 bridgehead atoms. The van der Waals surface area contributed by atoms with Crippen molar-refractivity contribution < 1.29 is 5.11 Å². The monoisotopic (exact) mass is 259 g/mol. The van der Waals surface area contributed by atoms with Crippen molar-refractivity contribution in [1.29, 1.82) is 0 Å². The molecular formula is C12H21NOS2. The van der Waals surface area contributed by atoms with E-state index in [2.05, 4.69) is 30.6 Å². The highest BCUT2D eigenvalue weighted by Crippen LogP contribution is 2.23. The quantitative estimate of drug-likeness (QED) is 0.704. The number of rotatable bonds is 8. The molecule has 1 rings (SSSR count). The fourth-order valence-corrected chi connectivity index (χ4v) is 3.21. The average Bonchev–Trinajstić information content (AvgIpc) is 2.70. The molecule has 0 aliphatic rings. The first-order chi connectivity index (χ1) is 7.79. The van der Waals surface area contributed by atoms with Gasteiger partial charge in [0.15, 0.2) is 0 Å². The summed E-state index contributed by atoms with van der Waals surface area (Å²) >= 11 is 3.69. The van der Waals surface area contributed by atoms with Gasteiger partial charge in [0.1, 0.15) is 0 Å². The van der Waals surface area contributed by atoms with Crippen LogP contribution >= 0.6 is 23.1 Å². The van der Waals surface area contributed by atoms with E-state index in [0.29, 0.717) is 0 Å². The normalized spacial score (nSPS) is 12.9. The zero-order valence-electron chi connectivity index (χ0n) is 10.0. The van der Waals surface area contributed by atoms with Crippen LogP contribution in [0.2, 0.25) is 0 Å². The Morgan fingerprint density at radius 3 is 2.94 bits per heavy atom. The molecule has 0 fully saturated rings. The van der Waals surface area contributed by atoms with Crippen molar-refractivity contribution >= 4 is 23.1 Å². The van der Waals surface area contributed by atoms with Crippen LogP contribution in [-0.4, -0.2) is 29.8 Å². The Morgan fingerprint density at radius 2 is 2.38 bits per heavy atom. The molecule has 1 aromatic rings. The lowest BCUT2D eigenvalue weighted by atomic mass is 10.2. The lowest BCUT2D eigenvalue weighted by molar-refractivity contribution is 0.246. The fraction of sp³-hybridized carbons (Fsp3) is 0.667. The Labute approximate surface area is 106 Å². The molecule has 1 unspecified atom stereocenters. The molecule has 0 aromatic carbocycles. The molecule has 16 heavy (non-hydrogen) atoms. The second kappa shape index (κ2) is 8.12. The van der Waals surface area contributed by atoms with Crippen LogP contribution in [0.3, 0.4) is 0 Å². The van der Waals surface area contributed by atoms with E-state index in [-0.39, 0.29) is 12.6 Å². The molecule has 0 saturated heterocycles. The van der Waals surface area contributed by atoms with Crippen molar-refractivity contribution in [3.8, 4) is 0 Å². The minimum atomic E-state index is 0.117. The van der Waals surface area contributed by atoms with E-state index in [1.165, 1.54) is 28.4 Å². The summed E-state index contributed by atoms with van der Waals surface area (Å²) < 4.78 is 0. The molecule has 0 aliphatic carbocycles. The van der Waals surface area contributed by atoms with Crippen LogP contribution in [0.5, 0.6) is 0 Å². The first-order valence-corrected chi connectivity index (χ1v) is 7.79. The van der Waals surface area contributed by atoms with Gasteiger partial charge in [0.25, 0.3) is 0 Å².